The highest BCUT2D eigenvalue weighted by Gasteiger charge is 2.24. The van der Waals surface area contributed by atoms with E-state index in [1.165, 1.54) is 89.9 Å². The van der Waals surface area contributed by atoms with Gasteiger partial charge in [0.15, 0.2) is 6.10 Å². The molecule has 2 atom stereocenters. The third-order valence-electron chi connectivity index (χ3n) is 8.86. The molecule has 0 saturated heterocycles. The fourth-order valence-corrected chi connectivity index (χ4v) is 6.08. The van der Waals surface area contributed by atoms with E-state index >= 15 is 0 Å². The van der Waals surface area contributed by atoms with E-state index in [1.54, 1.807) is 0 Å². The van der Waals surface area contributed by atoms with Gasteiger partial charge in [-0.2, -0.15) is 0 Å². The van der Waals surface area contributed by atoms with E-state index in [1.807, 2.05) is 0 Å². The Morgan fingerprint density at radius 3 is 1.41 bits per heavy atom. The molecule has 0 aliphatic heterocycles. The Labute approximate surface area is 313 Å². The lowest BCUT2D eigenvalue weighted by Gasteiger charge is -2.19. The number of rotatable bonds is 38. The first kappa shape index (κ1) is 49.3. The number of esters is 2. The summed E-state index contributed by atoms with van der Waals surface area (Å²) in [5.41, 5.74) is 0. The second-order valence-electron chi connectivity index (χ2n) is 13.8. The van der Waals surface area contributed by atoms with Crippen LogP contribution < -0.4 is 0 Å². The van der Waals surface area contributed by atoms with Gasteiger partial charge in [0.2, 0.25) is 0 Å². The molecule has 0 spiro atoms. The van der Waals surface area contributed by atoms with E-state index in [0.717, 1.165) is 77.7 Å². The van der Waals surface area contributed by atoms with Gasteiger partial charge in [-0.05, 0) is 70.6 Å². The number of hydrogen-bond donors (Lipinski definition) is 1. The lowest BCUT2D eigenvalue weighted by molar-refractivity contribution is -0.161. The highest BCUT2D eigenvalue weighted by molar-refractivity contribution is 7.47. The molecular weight excluding hydrogens is 663 g/mol. The number of phosphoric acid groups is 1. The van der Waals surface area contributed by atoms with Crippen molar-refractivity contribution in [2.24, 2.45) is 0 Å². The molecule has 0 aromatic rings. The number of ether oxygens (including phenoxy) is 2. The van der Waals surface area contributed by atoms with Gasteiger partial charge < -0.3 is 14.4 Å². The minimum absolute atomic E-state index is 0.232. The Bertz CT molecular complexity index is 932. The van der Waals surface area contributed by atoms with Gasteiger partial charge in [0.25, 0.3) is 0 Å². The van der Waals surface area contributed by atoms with E-state index in [9.17, 15) is 19.0 Å². The van der Waals surface area contributed by atoms with E-state index < -0.39 is 26.5 Å². The first-order valence-corrected chi connectivity index (χ1v) is 22.2. The van der Waals surface area contributed by atoms with Crippen molar-refractivity contribution in [1.82, 2.24) is 0 Å². The third kappa shape index (κ3) is 37.8. The maximum atomic E-state index is 12.5. The first-order chi connectivity index (χ1) is 24.8. The highest BCUT2D eigenvalue weighted by Crippen LogP contribution is 2.42. The van der Waals surface area contributed by atoms with Crippen molar-refractivity contribution < 1.29 is 37.6 Å². The molecule has 0 aliphatic carbocycles. The average molecular weight is 741 g/mol. The predicted molar refractivity (Wildman–Crippen MR) is 212 cm³/mol. The average Bonchev–Trinajstić information content (AvgIpc) is 3.12. The standard InChI is InChI=1S/C42H77O8P/c1-4-6-8-10-12-14-16-18-20-21-22-23-25-27-29-31-33-35-37-42(44)50-40(39-49-51(45,46)47-3)38-48-41(43)36-34-32-30-28-26-24-19-17-15-13-11-9-7-5-2/h14,16-17,19-21,40H,4-13,15,18,22-39H2,1-3H3,(H,45,46)/b16-14-,19-17-,21-20-. The molecule has 0 bridgehead atoms. The molecule has 0 aliphatic rings. The largest absolute Gasteiger partial charge is 0.472 e. The summed E-state index contributed by atoms with van der Waals surface area (Å²) >= 11 is 0. The van der Waals surface area contributed by atoms with Crippen LogP contribution in [0.1, 0.15) is 194 Å². The minimum atomic E-state index is -4.26. The number of hydrogen-bond acceptors (Lipinski definition) is 7. The number of unbranched alkanes of at least 4 members (excludes halogenated alkanes) is 21. The SMILES string of the molecule is CCCCCC/C=C\C/C=C\CCCCCCCCCC(=O)OC(COC(=O)CCCCCCC/C=C\CCCCCCC)COP(=O)(O)OC. The Morgan fingerprint density at radius 2 is 0.941 bits per heavy atom. The van der Waals surface area contributed by atoms with Crippen LogP contribution >= 0.6 is 7.82 Å². The zero-order valence-corrected chi connectivity index (χ0v) is 33.9. The molecule has 0 amide bonds. The molecule has 0 radical (unpaired) electrons. The lowest BCUT2D eigenvalue weighted by atomic mass is 10.1. The summed E-state index contributed by atoms with van der Waals surface area (Å²) in [5.74, 6) is -0.821. The molecule has 1 N–H and O–H groups in total. The number of phosphoric ester groups is 1. The van der Waals surface area contributed by atoms with Crippen molar-refractivity contribution >= 4 is 19.8 Å². The molecule has 0 saturated carbocycles. The highest BCUT2D eigenvalue weighted by atomic mass is 31.2. The van der Waals surface area contributed by atoms with Crippen LogP contribution in [0, 0.1) is 0 Å². The van der Waals surface area contributed by atoms with Gasteiger partial charge in [-0.15, -0.1) is 0 Å². The van der Waals surface area contributed by atoms with Crippen molar-refractivity contribution in [2.45, 2.75) is 200 Å². The van der Waals surface area contributed by atoms with Crippen LogP contribution in [-0.4, -0.2) is 43.3 Å². The monoisotopic (exact) mass is 741 g/mol. The van der Waals surface area contributed by atoms with Crippen molar-refractivity contribution in [3.8, 4) is 0 Å². The summed E-state index contributed by atoms with van der Waals surface area (Å²) in [7, 11) is -3.20. The summed E-state index contributed by atoms with van der Waals surface area (Å²) < 4.78 is 31.9. The topological polar surface area (TPSA) is 108 Å². The molecule has 298 valence electrons. The van der Waals surface area contributed by atoms with Gasteiger partial charge in [-0.1, -0.05) is 147 Å². The predicted octanol–water partition coefficient (Wildman–Crippen LogP) is 12.8. The van der Waals surface area contributed by atoms with E-state index in [-0.39, 0.29) is 25.4 Å². The van der Waals surface area contributed by atoms with Crippen LogP contribution in [0.5, 0.6) is 0 Å². The number of allylic oxidation sites excluding steroid dienone is 6. The second kappa shape index (κ2) is 38.0. The maximum Gasteiger partial charge on any atom is 0.472 e. The van der Waals surface area contributed by atoms with Crippen LogP contribution in [0.2, 0.25) is 0 Å². The summed E-state index contributed by atoms with van der Waals surface area (Å²) in [6.07, 6.45) is 43.3. The fraction of sp³-hybridized carbons (Fsp3) is 0.810. The minimum Gasteiger partial charge on any atom is -0.462 e. The van der Waals surface area contributed by atoms with Crippen LogP contribution in [-0.2, 0) is 32.7 Å². The molecule has 0 fully saturated rings. The van der Waals surface area contributed by atoms with Gasteiger partial charge in [-0.3, -0.25) is 18.6 Å². The molecule has 9 heteroatoms. The van der Waals surface area contributed by atoms with Crippen LogP contribution in [0.25, 0.3) is 0 Å². The maximum absolute atomic E-state index is 12.5. The van der Waals surface area contributed by atoms with Crippen molar-refractivity contribution in [1.29, 1.82) is 0 Å². The van der Waals surface area contributed by atoms with E-state index in [0.29, 0.717) is 6.42 Å². The van der Waals surface area contributed by atoms with Crippen LogP contribution in [0.15, 0.2) is 36.5 Å². The molecule has 51 heavy (non-hydrogen) atoms. The normalized spacial score (nSPS) is 13.7. The Kier molecular flexibility index (Phi) is 36.7. The second-order valence-corrected chi connectivity index (χ2v) is 15.3. The van der Waals surface area contributed by atoms with Gasteiger partial charge in [0.1, 0.15) is 6.61 Å². The zero-order chi connectivity index (χ0) is 37.5. The van der Waals surface area contributed by atoms with Crippen LogP contribution in [0.3, 0.4) is 0 Å². The van der Waals surface area contributed by atoms with E-state index in [4.69, 9.17) is 14.0 Å². The Morgan fingerprint density at radius 1 is 0.549 bits per heavy atom. The summed E-state index contributed by atoms with van der Waals surface area (Å²) in [6.45, 7) is 3.85. The quantitative estimate of drug-likeness (QED) is 0.0288. The first-order valence-electron chi connectivity index (χ1n) is 20.7. The van der Waals surface area contributed by atoms with Gasteiger partial charge in [-0.25, -0.2) is 4.57 Å². The molecule has 8 nitrogen and oxygen atoms in total. The third-order valence-corrected chi connectivity index (χ3v) is 9.79. The number of carbonyl (C=O) groups excluding carboxylic acids is 2. The van der Waals surface area contributed by atoms with Gasteiger partial charge >= 0.3 is 19.8 Å². The molecule has 2 unspecified atom stereocenters. The molecule has 0 aromatic heterocycles. The van der Waals surface area contributed by atoms with Crippen LogP contribution in [0.4, 0.5) is 0 Å². The van der Waals surface area contributed by atoms with Gasteiger partial charge in [0, 0.05) is 20.0 Å². The van der Waals surface area contributed by atoms with Crippen molar-refractivity contribution in [3.63, 3.8) is 0 Å². The summed E-state index contributed by atoms with van der Waals surface area (Å²) in [5, 5.41) is 0. The summed E-state index contributed by atoms with van der Waals surface area (Å²) in [4.78, 5) is 34.4. The molecular formula is C42H77O8P. The van der Waals surface area contributed by atoms with E-state index in [2.05, 4.69) is 54.8 Å². The number of carbonyl (C=O) groups is 2. The lowest BCUT2D eigenvalue weighted by Crippen LogP contribution is -2.29. The summed E-state index contributed by atoms with van der Waals surface area (Å²) in [6, 6.07) is 0. The Balaban J connectivity index is 4.04. The smallest absolute Gasteiger partial charge is 0.462 e. The van der Waals surface area contributed by atoms with Crippen molar-refractivity contribution in [2.75, 3.05) is 20.3 Å². The zero-order valence-electron chi connectivity index (χ0n) is 33.0. The molecule has 0 rings (SSSR count). The molecule has 0 aromatic carbocycles. The Hall–Kier alpha value is -1.73. The van der Waals surface area contributed by atoms with Crippen molar-refractivity contribution in [3.05, 3.63) is 36.5 Å². The van der Waals surface area contributed by atoms with Gasteiger partial charge in [0.05, 0.1) is 6.61 Å². The fourth-order valence-electron chi connectivity index (χ4n) is 5.62. The molecule has 0 heterocycles.